The summed E-state index contributed by atoms with van der Waals surface area (Å²) in [5.41, 5.74) is 10.4. The van der Waals surface area contributed by atoms with Crippen molar-refractivity contribution in [3.8, 4) is 22.3 Å². The predicted molar refractivity (Wildman–Crippen MR) is 212 cm³/mol. The Morgan fingerprint density at radius 3 is 2.14 bits per heavy atom. The average Bonchev–Trinajstić information content (AvgIpc) is 3.61. The molecule has 0 aliphatic carbocycles. The van der Waals surface area contributed by atoms with E-state index in [1.807, 2.05) is 18.5 Å². The van der Waals surface area contributed by atoms with Gasteiger partial charge in [0.05, 0.1) is 5.70 Å². The first-order chi connectivity index (χ1) is 25.3. The Hall–Kier alpha value is -6.65. The fourth-order valence-electron chi connectivity index (χ4n) is 7.93. The number of dihydropyridines is 1. The number of rotatable bonds is 5. The Kier molecular flexibility index (Phi) is 6.91. The molecule has 51 heavy (non-hydrogen) atoms. The molecule has 0 saturated carbocycles. The highest BCUT2D eigenvalue weighted by molar-refractivity contribution is 6.14. The number of fused-ring (bicyclic) bond motifs is 4. The molecule has 3 heterocycles. The fourth-order valence-corrected chi connectivity index (χ4v) is 7.93. The molecule has 0 fully saturated rings. The molecule has 1 unspecified atom stereocenters. The van der Waals surface area contributed by atoms with Crippen LogP contribution in [-0.2, 0) is 0 Å². The maximum atomic E-state index is 4.52. The molecule has 2 N–H and O–H groups in total. The maximum Gasteiger partial charge on any atom is 0.133 e. The number of nitrogens with one attached hydrogen (secondary N) is 2. The van der Waals surface area contributed by atoms with Gasteiger partial charge in [-0.15, -0.1) is 0 Å². The summed E-state index contributed by atoms with van der Waals surface area (Å²) in [6.07, 6.45) is 5.93. The van der Waals surface area contributed by atoms with E-state index in [0.29, 0.717) is 0 Å². The fraction of sp³-hybridized carbons (Fsp3) is 0.0426. The van der Waals surface area contributed by atoms with Crippen molar-refractivity contribution in [1.82, 2.24) is 15.6 Å². The number of nitrogens with zero attached hydrogens (tertiary/aromatic N) is 2. The van der Waals surface area contributed by atoms with E-state index in [-0.39, 0.29) is 6.17 Å². The van der Waals surface area contributed by atoms with Crippen LogP contribution in [0.15, 0.2) is 188 Å². The van der Waals surface area contributed by atoms with E-state index < -0.39 is 0 Å². The number of allylic oxidation sites excluding steroid dienone is 1. The second-order valence-corrected chi connectivity index (χ2v) is 13.3. The number of anilines is 1. The van der Waals surface area contributed by atoms with Crippen LogP contribution >= 0.6 is 0 Å². The van der Waals surface area contributed by atoms with Gasteiger partial charge in [-0.3, -0.25) is 4.98 Å². The second kappa shape index (κ2) is 12.0. The van der Waals surface area contributed by atoms with Crippen LogP contribution in [0, 0.1) is 0 Å². The Morgan fingerprint density at radius 1 is 0.549 bits per heavy atom. The van der Waals surface area contributed by atoms with Gasteiger partial charge in [0.2, 0.25) is 0 Å². The molecule has 4 nitrogen and oxygen atoms in total. The monoisotopic (exact) mass is 654 g/mol. The van der Waals surface area contributed by atoms with Gasteiger partial charge in [-0.05, 0) is 109 Å². The minimum absolute atomic E-state index is 0.172. The summed E-state index contributed by atoms with van der Waals surface area (Å²) < 4.78 is 0. The normalized spacial score (nSPS) is 15.5. The summed E-state index contributed by atoms with van der Waals surface area (Å²) in [6, 6.07) is 57.1. The largest absolute Gasteiger partial charge is 0.366 e. The lowest BCUT2D eigenvalue weighted by Gasteiger charge is -2.30. The van der Waals surface area contributed by atoms with Crippen LogP contribution in [0.25, 0.3) is 60.1 Å². The van der Waals surface area contributed by atoms with Gasteiger partial charge < -0.3 is 15.5 Å². The molecule has 0 radical (unpaired) electrons. The molecule has 0 bridgehead atoms. The van der Waals surface area contributed by atoms with Crippen molar-refractivity contribution >= 4 is 43.6 Å². The SMILES string of the molecule is C1=C(c2ccc3ccccc3c2)C2=C(NC1)N(c1ccccc1)C(c1cc(-c3cccnc3)cc(-c3cc4ccccc4c4ccccc34)c1)N2. The highest BCUT2D eigenvalue weighted by Crippen LogP contribution is 2.44. The van der Waals surface area contributed by atoms with Gasteiger partial charge in [0.1, 0.15) is 12.0 Å². The van der Waals surface area contributed by atoms with Gasteiger partial charge in [-0.25, -0.2) is 0 Å². The van der Waals surface area contributed by atoms with Crippen LogP contribution in [0.2, 0.25) is 0 Å². The quantitative estimate of drug-likeness (QED) is 0.181. The first-order valence-electron chi connectivity index (χ1n) is 17.5. The van der Waals surface area contributed by atoms with Crippen molar-refractivity contribution in [2.24, 2.45) is 0 Å². The van der Waals surface area contributed by atoms with Crippen LogP contribution in [0.5, 0.6) is 0 Å². The molecule has 242 valence electrons. The number of benzene rings is 7. The van der Waals surface area contributed by atoms with Gasteiger partial charge in [-0.2, -0.15) is 0 Å². The molecule has 0 spiro atoms. The summed E-state index contributed by atoms with van der Waals surface area (Å²) in [7, 11) is 0. The molecule has 2 aliphatic rings. The highest BCUT2D eigenvalue weighted by Gasteiger charge is 2.37. The van der Waals surface area contributed by atoms with E-state index in [4.69, 9.17) is 0 Å². The van der Waals surface area contributed by atoms with E-state index in [1.165, 1.54) is 60.1 Å². The van der Waals surface area contributed by atoms with E-state index in [9.17, 15) is 0 Å². The standard InChI is InChI=1S/C47H34N4/c1-2-15-39(16-3-1)51-46(50-45-41(22-24-49-47(45)51)34-21-20-31-11-4-5-12-32(31)25-34)38-27-36(35-14-10-23-48-30-35)26-37(28-38)44-29-33-13-6-7-17-40(33)42-18-8-9-19-43(42)44/h1-23,25-30,46,49-50H,24H2. The second-order valence-electron chi connectivity index (χ2n) is 13.3. The van der Waals surface area contributed by atoms with Gasteiger partial charge in [0.15, 0.2) is 0 Å². The summed E-state index contributed by atoms with van der Waals surface area (Å²) >= 11 is 0. The third-order valence-electron chi connectivity index (χ3n) is 10.3. The van der Waals surface area contributed by atoms with E-state index in [0.717, 1.165) is 34.9 Å². The van der Waals surface area contributed by atoms with Crippen molar-refractivity contribution in [2.75, 3.05) is 11.4 Å². The van der Waals surface area contributed by atoms with Crippen molar-refractivity contribution in [2.45, 2.75) is 6.17 Å². The van der Waals surface area contributed by atoms with Crippen molar-refractivity contribution < 1.29 is 0 Å². The third-order valence-corrected chi connectivity index (χ3v) is 10.3. The summed E-state index contributed by atoms with van der Waals surface area (Å²) in [5, 5.41) is 15.3. The molecular weight excluding hydrogens is 621 g/mol. The Morgan fingerprint density at radius 2 is 1.29 bits per heavy atom. The van der Waals surface area contributed by atoms with Crippen molar-refractivity contribution in [1.29, 1.82) is 0 Å². The Bertz CT molecular complexity index is 2680. The van der Waals surface area contributed by atoms with Crippen LogP contribution in [0.1, 0.15) is 17.3 Å². The van der Waals surface area contributed by atoms with Gasteiger partial charge in [-0.1, -0.05) is 115 Å². The summed E-state index contributed by atoms with van der Waals surface area (Å²) in [4.78, 5) is 6.94. The first-order valence-corrected chi connectivity index (χ1v) is 17.5. The zero-order valence-electron chi connectivity index (χ0n) is 27.9. The zero-order valence-corrected chi connectivity index (χ0v) is 27.9. The summed E-state index contributed by atoms with van der Waals surface area (Å²) in [5.74, 6) is 1.08. The van der Waals surface area contributed by atoms with Crippen LogP contribution in [0.4, 0.5) is 5.69 Å². The molecule has 1 aromatic heterocycles. The van der Waals surface area contributed by atoms with Gasteiger partial charge in [0, 0.05) is 35.8 Å². The molecule has 7 aromatic carbocycles. The molecule has 8 aromatic rings. The molecular formula is C47H34N4. The molecule has 4 heteroatoms. The molecule has 10 rings (SSSR count). The zero-order chi connectivity index (χ0) is 33.7. The lowest BCUT2D eigenvalue weighted by atomic mass is 9.90. The molecule has 0 amide bonds. The molecule has 2 aliphatic heterocycles. The number of hydrogen-bond acceptors (Lipinski definition) is 4. The minimum atomic E-state index is -0.172. The summed E-state index contributed by atoms with van der Waals surface area (Å²) in [6.45, 7) is 0.739. The topological polar surface area (TPSA) is 40.2 Å². The number of hydrogen-bond donors (Lipinski definition) is 2. The predicted octanol–water partition coefficient (Wildman–Crippen LogP) is 10.8. The number of pyridine rings is 1. The Labute approximate surface area is 297 Å². The number of aromatic nitrogens is 1. The van der Waals surface area contributed by atoms with Gasteiger partial charge in [0.25, 0.3) is 0 Å². The third kappa shape index (κ3) is 5.03. The van der Waals surface area contributed by atoms with Crippen molar-refractivity contribution in [3.05, 3.63) is 199 Å². The minimum Gasteiger partial charge on any atom is -0.366 e. The molecule has 0 saturated heterocycles. The molecule has 1 atom stereocenters. The number of para-hydroxylation sites is 1. The van der Waals surface area contributed by atoms with Gasteiger partial charge >= 0.3 is 0 Å². The van der Waals surface area contributed by atoms with Crippen LogP contribution < -0.4 is 15.5 Å². The lowest BCUT2D eigenvalue weighted by molar-refractivity contribution is 0.643. The smallest absolute Gasteiger partial charge is 0.133 e. The maximum absolute atomic E-state index is 4.52. The van der Waals surface area contributed by atoms with Crippen LogP contribution in [0.3, 0.4) is 0 Å². The van der Waals surface area contributed by atoms with E-state index in [1.54, 1.807) is 0 Å². The Balaban J connectivity index is 1.17. The average molecular weight is 655 g/mol. The highest BCUT2D eigenvalue weighted by atomic mass is 15.4. The lowest BCUT2D eigenvalue weighted by Crippen LogP contribution is -2.34. The van der Waals surface area contributed by atoms with E-state index in [2.05, 4.69) is 178 Å². The van der Waals surface area contributed by atoms with Crippen LogP contribution in [-0.4, -0.2) is 11.5 Å². The van der Waals surface area contributed by atoms with Crippen molar-refractivity contribution in [3.63, 3.8) is 0 Å². The first kappa shape index (κ1) is 29.3. The van der Waals surface area contributed by atoms with E-state index >= 15 is 0 Å².